The molecular weight excluding hydrogens is 444 g/mol. The molecule has 1 unspecified atom stereocenters. The summed E-state index contributed by atoms with van der Waals surface area (Å²) < 4.78 is 10.5. The molecule has 0 aromatic heterocycles. The van der Waals surface area contributed by atoms with E-state index in [9.17, 15) is 9.59 Å². The molecule has 3 aromatic carbocycles. The molecule has 1 aliphatic carbocycles. The van der Waals surface area contributed by atoms with Crippen LogP contribution in [0.3, 0.4) is 0 Å². The summed E-state index contributed by atoms with van der Waals surface area (Å²) in [5, 5.41) is 0. The predicted molar refractivity (Wildman–Crippen MR) is 120 cm³/mol. The fraction of sp³-hybridized carbons (Fsp3) is 0.120. The summed E-state index contributed by atoms with van der Waals surface area (Å²) >= 11 is 3.50. The Labute approximate surface area is 183 Å². The van der Waals surface area contributed by atoms with E-state index in [0.717, 1.165) is 11.1 Å². The second-order valence-electron chi connectivity index (χ2n) is 6.85. The molecular formula is C25H19BrO4. The van der Waals surface area contributed by atoms with Crippen molar-refractivity contribution in [1.29, 1.82) is 0 Å². The van der Waals surface area contributed by atoms with Gasteiger partial charge in [-0.3, -0.25) is 9.59 Å². The summed E-state index contributed by atoms with van der Waals surface area (Å²) in [5.74, 6) is 1.14. The molecule has 30 heavy (non-hydrogen) atoms. The van der Waals surface area contributed by atoms with Crippen LogP contribution in [-0.4, -0.2) is 30.6 Å². The summed E-state index contributed by atoms with van der Waals surface area (Å²) in [5.41, 5.74) is 3.63. The van der Waals surface area contributed by atoms with Crippen LogP contribution in [0, 0.1) is 0 Å². The first kappa shape index (κ1) is 20.1. The molecule has 1 atom stereocenters. The molecule has 0 spiro atoms. The molecule has 150 valence electrons. The molecule has 0 saturated carbocycles. The quantitative estimate of drug-likeness (QED) is 0.387. The first-order chi connectivity index (χ1) is 14.5. The van der Waals surface area contributed by atoms with Gasteiger partial charge in [-0.05, 0) is 41.0 Å². The van der Waals surface area contributed by atoms with Gasteiger partial charge < -0.3 is 9.47 Å². The Morgan fingerprint density at radius 3 is 1.67 bits per heavy atom. The van der Waals surface area contributed by atoms with Gasteiger partial charge in [-0.2, -0.15) is 0 Å². The highest BCUT2D eigenvalue weighted by Crippen LogP contribution is 2.38. The summed E-state index contributed by atoms with van der Waals surface area (Å²) in [6.45, 7) is 0. The van der Waals surface area contributed by atoms with Gasteiger partial charge in [0.25, 0.3) is 0 Å². The van der Waals surface area contributed by atoms with E-state index in [-0.39, 0.29) is 11.6 Å². The lowest BCUT2D eigenvalue weighted by Crippen LogP contribution is -2.31. The van der Waals surface area contributed by atoms with Crippen LogP contribution >= 0.6 is 15.9 Å². The fourth-order valence-corrected chi connectivity index (χ4v) is 4.34. The van der Waals surface area contributed by atoms with Crippen LogP contribution < -0.4 is 9.47 Å². The molecule has 0 radical (unpaired) electrons. The number of fused-ring (bicyclic) bond motifs is 1. The van der Waals surface area contributed by atoms with Crippen LogP contribution in [0.15, 0.2) is 78.4 Å². The Morgan fingerprint density at radius 1 is 0.733 bits per heavy atom. The number of ether oxygens (including phenoxy) is 2. The Morgan fingerprint density at radius 2 is 1.20 bits per heavy atom. The summed E-state index contributed by atoms with van der Waals surface area (Å²) in [4.78, 5) is 25.8. The van der Waals surface area contributed by atoms with Gasteiger partial charge in [0.15, 0.2) is 11.6 Å². The molecule has 0 N–H and O–H groups in total. The molecule has 3 aromatic rings. The number of rotatable bonds is 4. The normalized spacial score (nSPS) is 15.6. The molecule has 0 fully saturated rings. The van der Waals surface area contributed by atoms with Crippen LogP contribution in [0.2, 0.25) is 0 Å². The van der Waals surface area contributed by atoms with E-state index in [1.807, 2.05) is 48.5 Å². The molecule has 0 saturated heterocycles. The monoisotopic (exact) mass is 462 g/mol. The zero-order chi connectivity index (χ0) is 21.3. The van der Waals surface area contributed by atoms with E-state index in [1.165, 1.54) is 0 Å². The SMILES string of the molecule is COc1ccc(C(=C2C(=O)c3ccccc3C(=O)C2Br)c2ccc(OC)cc2)cc1. The van der Waals surface area contributed by atoms with E-state index in [1.54, 1.807) is 38.5 Å². The molecule has 1 aliphatic rings. The van der Waals surface area contributed by atoms with Gasteiger partial charge in [-0.15, -0.1) is 0 Å². The van der Waals surface area contributed by atoms with Gasteiger partial charge in [-0.25, -0.2) is 0 Å². The van der Waals surface area contributed by atoms with E-state index in [4.69, 9.17) is 9.47 Å². The highest BCUT2D eigenvalue weighted by atomic mass is 79.9. The van der Waals surface area contributed by atoms with Crippen molar-refractivity contribution in [2.75, 3.05) is 14.2 Å². The van der Waals surface area contributed by atoms with Crippen molar-refractivity contribution in [2.24, 2.45) is 0 Å². The number of ketones is 2. The second kappa shape index (κ2) is 8.28. The van der Waals surface area contributed by atoms with Gasteiger partial charge in [0.1, 0.15) is 16.3 Å². The van der Waals surface area contributed by atoms with Crippen molar-refractivity contribution >= 4 is 33.1 Å². The smallest absolute Gasteiger partial charge is 0.191 e. The number of Topliss-reactive ketones (excluding diaryl/α,β-unsaturated/α-hetero) is 2. The Balaban J connectivity index is 1.99. The summed E-state index contributed by atoms with van der Waals surface area (Å²) in [6, 6.07) is 21.9. The minimum Gasteiger partial charge on any atom is -0.497 e. The average Bonchev–Trinajstić information content (AvgIpc) is 2.80. The Bertz CT molecular complexity index is 1100. The van der Waals surface area contributed by atoms with Crippen molar-refractivity contribution in [3.05, 3.63) is 101 Å². The lowest BCUT2D eigenvalue weighted by atomic mass is 9.80. The van der Waals surface area contributed by atoms with Crippen molar-refractivity contribution < 1.29 is 19.1 Å². The lowest BCUT2D eigenvalue weighted by Gasteiger charge is -2.25. The summed E-state index contributed by atoms with van der Waals surface area (Å²) in [6.07, 6.45) is 0. The van der Waals surface area contributed by atoms with E-state index in [0.29, 0.717) is 33.8 Å². The molecule has 0 aliphatic heterocycles. The predicted octanol–water partition coefficient (Wildman–Crippen LogP) is 5.35. The number of hydrogen-bond acceptors (Lipinski definition) is 4. The van der Waals surface area contributed by atoms with Gasteiger partial charge in [0, 0.05) is 16.7 Å². The van der Waals surface area contributed by atoms with Crippen molar-refractivity contribution in [3.63, 3.8) is 0 Å². The molecule has 4 nitrogen and oxygen atoms in total. The number of benzene rings is 3. The Kier molecular flexibility index (Phi) is 5.55. The maximum absolute atomic E-state index is 13.5. The topological polar surface area (TPSA) is 52.6 Å². The number of carbonyl (C=O) groups is 2. The maximum Gasteiger partial charge on any atom is 0.191 e. The number of carbonyl (C=O) groups excluding carboxylic acids is 2. The molecule has 5 heteroatoms. The standard InChI is InChI=1S/C25H19BrO4/c1-29-17-11-7-15(8-12-17)21(16-9-13-18(30-2)14-10-16)22-23(26)25(28)20-6-4-3-5-19(20)24(22)27/h3-14,23H,1-2H3. The van der Waals surface area contributed by atoms with Crippen molar-refractivity contribution in [1.82, 2.24) is 0 Å². The molecule has 0 bridgehead atoms. The number of halogens is 1. The van der Waals surface area contributed by atoms with Gasteiger partial charge in [0.2, 0.25) is 0 Å². The van der Waals surface area contributed by atoms with Crippen LogP contribution in [-0.2, 0) is 0 Å². The fourth-order valence-electron chi connectivity index (χ4n) is 3.66. The minimum atomic E-state index is -0.737. The molecule has 0 heterocycles. The number of alkyl halides is 1. The molecule has 4 rings (SSSR count). The first-order valence-corrected chi connectivity index (χ1v) is 10.3. The third-order valence-electron chi connectivity index (χ3n) is 5.19. The average molecular weight is 463 g/mol. The third-order valence-corrected chi connectivity index (χ3v) is 6.07. The van der Waals surface area contributed by atoms with Crippen molar-refractivity contribution in [3.8, 4) is 11.5 Å². The number of hydrogen-bond donors (Lipinski definition) is 0. The van der Waals surface area contributed by atoms with Gasteiger partial charge in [-0.1, -0.05) is 64.5 Å². The summed E-state index contributed by atoms with van der Waals surface area (Å²) in [7, 11) is 3.21. The van der Waals surface area contributed by atoms with Gasteiger partial charge in [0.05, 0.1) is 14.2 Å². The lowest BCUT2D eigenvalue weighted by molar-refractivity contribution is 0.0943. The highest BCUT2D eigenvalue weighted by molar-refractivity contribution is 9.10. The number of allylic oxidation sites excluding steroid dienone is 1. The van der Waals surface area contributed by atoms with Crippen LogP contribution in [0.5, 0.6) is 11.5 Å². The zero-order valence-corrected chi connectivity index (χ0v) is 18.1. The zero-order valence-electron chi connectivity index (χ0n) is 16.5. The van der Waals surface area contributed by atoms with Crippen LogP contribution in [0.4, 0.5) is 0 Å². The highest BCUT2D eigenvalue weighted by Gasteiger charge is 2.37. The second-order valence-corrected chi connectivity index (χ2v) is 7.76. The Hall–Kier alpha value is -3.18. The van der Waals surface area contributed by atoms with Crippen LogP contribution in [0.25, 0.3) is 5.57 Å². The third kappa shape index (κ3) is 3.46. The largest absolute Gasteiger partial charge is 0.497 e. The van der Waals surface area contributed by atoms with Gasteiger partial charge >= 0.3 is 0 Å². The van der Waals surface area contributed by atoms with Crippen LogP contribution in [0.1, 0.15) is 31.8 Å². The van der Waals surface area contributed by atoms with E-state index in [2.05, 4.69) is 15.9 Å². The first-order valence-electron chi connectivity index (χ1n) is 9.40. The van der Waals surface area contributed by atoms with E-state index < -0.39 is 4.83 Å². The number of methoxy groups -OCH3 is 2. The maximum atomic E-state index is 13.5. The van der Waals surface area contributed by atoms with E-state index >= 15 is 0 Å². The van der Waals surface area contributed by atoms with Crippen molar-refractivity contribution in [2.45, 2.75) is 4.83 Å². The molecule has 0 amide bonds. The minimum absolute atomic E-state index is 0.125.